The molecule has 0 radical (unpaired) electrons. The molecular weight excluding hydrogens is 481 g/mol. The average Bonchev–Trinajstić information content (AvgIpc) is 3.34. The first-order valence-corrected chi connectivity index (χ1v) is 14.4. The first-order chi connectivity index (χ1) is 18.4. The van der Waals surface area contributed by atoms with Crippen LogP contribution in [0.4, 0.5) is 10.2 Å². The minimum Gasteiger partial charge on any atom is -0.356 e. The standard InChI is InChI=1S/C30H42FN5O2/c1-6-21-17-22(31)12-13-25(21)20(4)34-18-24(8-3)35(19-23(34)7-2)30-29-26(14-15-27(37)33(29)5)32-36(30)28-11-9-10-16-38-28/h12-15,17,20,23-24,28H,6-11,16,18-19H2,1-5H3/t20?,23-,24+,28?/m1/s1. The van der Waals surface area contributed by atoms with Gasteiger partial charge in [0.1, 0.15) is 16.9 Å². The molecule has 0 aliphatic carbocycles. The summed E-state index contributed by atoms with van der Waals surface area (Å²) in [6.45, 7) is 11.3. The molecule has 4 heterocycles. The molecule has 3 aromatic rings. The third-order valence-electron chi connectivity index (χ3n) is 8.75. The van der Waals surface area contributed by atoms with Crippen molar-refractivity contribution in [1.82, 2.24) is 19.2 Å². The van der Waals surface area contributed by atoms with Crippen molar-refractivity contribution in [3.8, 4) is 0 Å². The first-order valence-electron chi connectivity index (χ1n) is 14.4. The number of rotatable bonds is 7. The Bertz CT molecular complexity index is 1330. The van der Waals surface area contributed by atoms with Crippen LogP contribution in [-0.4, -0.2) is 51.0 Å². The Morgan fingerprint density at radius 3 is 2.55 bits per heavy atom. The molecule has 0 N–H and O–H groups in total. The molecule has 2 aliphatic rings. The predicted octanol–water partition coefficient (Wildman–Crippen LogP) is 5.58. The minimum atomic E-state index is -0.170. The quantitative estimate of drug-likeness (QED) is 0.405. The van der Waals surface area contributed by atoms with E-state index in [1.54, 1.807) is 22.8 Å². The van der Waals surface area contributed by atoms with E-state index in [1.165, 1.54) is 5.56 Å². The number of piperazine rings is 1. The monoisotopic (exact) mass is 523 g/mol. The van der Waals surface area contributed by atoms with E-state index in [0.717, 1.165) is 80.6 Å². The van der Waals surface area contributed by atoms with Crippen molar-refractivity contribution in [2.45, 2.75) is 90.6 Å². The Hall–Kier alpha value is -2.71. The zero-order valence-electron chi connectivity index (χ0n) is 23.5. The van der Waals surface area contributed by atoms with Gasteiger partial charge in [0.05, 0.1) is 0 Å². The van der Waals surface area contributed by atoms with E-state index >= 15 is 0 Å². The van der Waals surface area contributed by atoms with Crippen molar-refractivity contribution in [3.63, 3.8) is 0 Å². The van der Waals surface area contributed by atoms with Gasteiger partial charge in [0, 0.05) is 50.9 Å². The number of ether oxygens (including phenoxy) is 1. The van der Waals surface area contributed by atoms with E-state index in [1.807, 2.05) is 19.2 Å². The van der Waals surface area contributed by atoms with Crippen LogP contribution in [0.25, 0.3) is 11.0 Å². The van der Waals surface area contributed by atoms with Crippen molar-refractivity contribution >= 4 is 16.9 Å². The molecule has 38 heavy (non-hydrogen) atoms. The highest BCUT2D eigenvalue weighted by molar-refractivity contribution is 5.87. The lowest BCUT2D eigenvalue weighted by Crippen LogP contribution is -2.59. The summed E-state index contributed by atoms with van der Waals surface area (Å²) in [5.74, 6) is 0.831. The fourth-order valence-electron chi connectivity index (χ4n) is 6.51. The van der Waals surface area contributed by atoms with Crippen LogP contribution in [0.3, 0.4) is 0 Å². The number of benzene rings is 1. The number of aryl methyl sites for hydroxylation is 2. The van der Waals surface area contributed by atoms with Crippen LogP contribution in [0.15, 0.2) is 35.1 Å². The maximum absolute atomic E-state index is 14.0. The Labute approximate surface area is 225 Å². The van der Waals surface area contributed by atoms with Crippen molar-refractivity contribution in [3.05, 3.63) is 57.6 Å². The molecule has 2 aromatic heterocycles. The lowest BCUT2D eigenvalue weighted by Gasteiger charge is -2.50. The van der Waals surface area contributed by atoms with Gasteiger partial charge in [0.25, 0.3) is 5.56 Å². The summed E-state index contributed by atoms with van der Waals surface area (Å²) in [5, 5.41) is 5.01. The molecule has 4 atom stereocenters. The molecule has 2 unspecified atom stereocenters. The van der Waals surface area contributed by atoms with Gasteiger partial charge in [-0.3, -0.25) is 9.69 Å². The van der Waals surface area contributed by atoms with Crippen LogP contribution in [0.1, 0.15) is 83.2 Å². The molecule has 2 saturated heterocycles. The number of pyridine rings is 1. The maximum atomic E-state index is 14.0. The molecule has 1 aromatic carbocycles. The smallest absolute Gasteiger partial charge is 0.250 e. The second-order valence-electron chi connectivity index (χ2n) is 10.9. The average molecular weight is 524 g/mol. The second kappa shape index (κ2) is 11.2. The SMILES string of the molecule is CCc1cc(F)ccc1C(C)N1C[C@H](CC)N(c2c3c(ccc(=O)n3C)nn2C2CCCCO2)C[C@H]1CC. The van der Waals surface area contributed by atoms with Gasteiger partial charge in [-0.25, -0.2) is 9.07 Å². The number of fused-ring (bicyclic) bond motifs is 1. The molecular formula is C30H42FN5O2. The lowest BCUT2D eigenvalue weighted by atomic mass is 9.93. The van der Waals surface area contributed by atoms with E-state index in [2.05, 4.69) is 42.2 Å². The molecule has 0 saturated carbocycles. The summed E-state index contributed by atoms with van der Waals surface area (Å²) >= 11 is 0. The number of hydrogen-bond donors (Lipinski definition) is 0. The third kappa shape index (κ3) is 4.77. The highest BCUT2D eigenvalue weighted by atomic mass is 19.1. The molecule has 5 rings (SSSR count). The summed E-state index contributed by atoms with van der Waals surface area (Å²) in [6, 6.07) is 9.42. The van der Waals surface area contributed by atoms with Crippen molar-refractivity contribution in [1.29, 1.82) is 0 Å². The molecule has 7 nitrogen and oxygen atoms in total. The molecule has 0 amide bonds. The van der Waals surface area contributed by atoms with E-state index in [9.17, 15) is 9.18 Å². The fraction of sp³-hybridized carbons (Fsp3) is 0.600. The summed E-state index contributed by atoms with van der Waals surface area (Å²) in [7, 11) is 1.85. The molecule has 8 heteroatoms. The number of halogens is 1. The summed E-state index contributed by atoms with van der Waals surface area (Å²) in [5.41, 5.74) is 3.97. The number of anilines is 1. The Morgan fingerprint density at radius 1 is 1.08 bits per heavy atom. The van der Waals surface area contributed by atoms with Gasteiger partial charge >= 0.3 is 0 Å². The van der Waals surface area contributed by atoms with Crippen LogP contribution in [0.5, 0.6) is 0 Å². The van der Waals surface area contributed by atoms with Gasteiger partial charge in [-0.2, -0.15) is 5.10 Å². The van der Waals surface area contributed by atoms with E-state index in [4.69, 9.17) is 9.84 Å². The number of aromatic nitrogens is 3. The van der Waals surface area contributed by atoms with E-state index < -0.39 is 0 Å². The van der Waals surface area contributed by atoms with Crippen molar-refractivity contribution in [2.75, 3.05) is 24.6 Å². The molecule has 0 spiro atoms. The van der Waals surface area contributed by atoms with Gasteiger partial charge < -0.3 is 14.2 Å². The summed E-state index contributed by atoms with van der Waals surface area (Å²) in [6.07, 6.45) is 5.74. The second-order valence-corrected chi connectivity index (χ2v) is 10.9. The highest BCUT2D eigenvalue weighted by Gasteiger charge is 2.39. The summed E-state index contributed by atoms with van der Waals surface area (Å²) in [4.78, 5) is 17.9. The van der Waals surface area contributed by atoms with E-state index in [-0.39, 0.29) is 29.7 Å². The first kappa shape index (κ1) is 26.9. The summed E-state index contributed by atoms with van der Waals surface area (Å²) < 4.78 is 24.0. The van der Waals surface area contributed by atoms with Crippen LogP contribution < -0.4 is 10.5 Å². The van der Waals surface area contributed by atoms with Crippen LogP contribution >= 0.6 is 0 Å². The van der Waals surface area contributed by atoms with Gasteiger partial charge in [-0.1, -0.05) is 26.8 Å². The van der Waals surface area contributed by atoms with Crippen LogP contribution in [-0.2, 0) is 18.2 Å². The molecule has 0 bridgehead atoms. The topological polar surface area (TPSA) is 55.5 Å². The Morgan fingerprint density at radius 2 is 1.87 bits per heavy atom. The van der Waals surface area contributed by atoms with Gasteiger partial charge in [0.15, 0.2) is 12.0 Å². The zero-order chi connectivity index (χ0) is 27.0. The maximum Gasteiger partial charge on any atom is 0.250 e. The number of nitrogens with zero attached hydrogens (tertiary/aromatic N) is 5. The van der Waals surface area contributed by atoms with Crippen molar-refractivity contribution < 1.29 is 9.13 Å². The van der Waals surface area contributed by atoms with Gasteiger partial charge in [-0.05, 0) is 74.8 Å². The van der Waals surface area contributed by atoms with Gasteiger partial charge in [0.2, 0.25) is 0 Å². The lowest BCUT2D eigenvalue weighted by molar-refractivity contribution is -0.0386. The molecule has 2 aliphatic heterocycles. The molecule has 2 fully saturated rings. The van der Waals surface area contributed by atoms with Crippen molar-refractivity contribution in [2.24, 2.45) is 7.05 Å². The number of hydrogen-bond acceptors (Lipinski definition) is 5. The predicted molar refractivity (Wildman–Crippen MR) is 150 cm³/mol. The van der Waals surface area contributed by atoms with Crippen LogP contribution in [0.2, 0.25) is 0 Å². The Kier molecular flexibility index (Phi) is 7.91. The minimum absolute atomic E-state index is 0.0291. The van der Waals surface area contributed by atoms with Crippen LogP contribution in [0, 0.1) is 5.82 Å². The third-order valence-corrected chi connectivity index (χ3v) is 8.75. The molecule has 206 valence electrons. The fourth-order valence-corrected chi connectivity index (χ4v) is 6.51. The highest BCUT2D eigenvalue weighted by Crippen LogP contribution is 2.38. The zero-order valence-corrected chi connectivity index (χ0v) is 23.5. The largest absolute Gasteiger partial charge is 0.356 e. The van der Waals surface area contributed by atoms with E-state index in [0.29, 0.717) is 6.04 Å². The normalized spacial score (nSPS) is 23.7. The van der Waals surface area contributed by atoms with Gasteiger partial charge in [-0.15, -0.1) is 0 Å². The Balaban J connectivity index is 1.57.